The molecule has 0 saturated carbocycles. The first-order chi connectivity index (χ1) is 17.4. The van der Waals surface area contributed by atoms with E-state index in [0.29, 0.717) is 23.6 Å². The Morgan fingerprint density at radius 1 is 0.806 bits per heavy atom. The number of carbonyl (C=O) groups excluding carboxylic acids is 1. The van der Waals surface area contributed by atoms with Crippen LogP contribution in [0.1, 0.15) is 28.8 Å². The summed E-state index contributed by atoms with van der Waals surface area (Å²) in [6, 6.07) is 21.4. The quantitative estimate of drug-likeness (QED) is 0.245. The van der Waals surface area contributed by atoms with Crippen LogP contribution in [0.4, 0.5) is 11.4 Å². The Bertz CT molecular complexity index is 1160. The lowest BCUT2D eigenvalue weighted by Crippen LogP contribution is -2.16. The summed E-state index contributed by atoms with van der Waals surface area (Å²) in [4.78, 5) is 34.5. The third-order valence-electron chi connectivity index (χ3n) is 5.11. The molecule has 0 fully saturated rings. The van der Waals surface area contributed by atoms with E-state index in [2.05, 4.69) is 22.8 Å². The molecular formula is C27H28N2O7. The molecule has 0 bridgehead atoms. The fourth-order valence-corrected chi connectivity index (χ4v) is 3.34. The Labute approximate surface area is 208 Å². The standard InChI is InChI=1S/C27H28N2O7/c30-25(31)17-28-21-11-14-24(36-18-26(32)33)23(16-21)29-27(34)20-9-12-22(13-10-20)35-15-5-4-8-19-6-2-1-3-7-19/h1-3,6-7,9-14,16,28H,4-5,8,15,17-18H2,(H,29,34)(H,30,31)(H,32,33). The molecule has 0 radical (unpaired) electrons. The lowest BCUT2D eigenvalue weighted by molar-refractivity contribution is -0.139. The summed E-state index contributed by atoms with van der Waals surface area (Å²) in [6.07, 6.45) is 2.91. The molecule has 3 rings (SSSR count). The van der Waals surface area contributed by atoms with E-state index in [0.717, 1.165) is 19.3 Å². The van der Waals surface area contributed by atoms with Crippen LogP contribution in [-0.2, 0) is 16.0 Å². The van der Waals surface area contributed by atoms with Crippen LogP contribution in [0.2, 0.25) is 0 Å². The van der Waals surface area contributed by atoms with Crippen LogP contribution in [-0.4, -0.2) is 47.8 Å². The van der Waals surface area contributed by atoms with Crippen molar-refractivity contribution < 1.29 is 34.1 Å². The van der Waals surface area contributed by atoms with Gasteiger partial charge in [0.25, 0.3) is 5.91 Å². The van der Waals surface area contributed by atoms with Gasteiger partial charge in [0.1, 0.15) is 18.0 Å². The number of aryl methyl sites for hydroxylation is 1. The molecule has 36 heavy (non-hydrogen) atoms. The van der Waals surface area contributed by atoms with Crippen molar-refractivity contribution in [2.45, 2.75) is 19.3 Å². The van der Waals surface area contributed by atoms with Crippen LogP contribution in [0, 0.1) is 0 Å². The second-order valence-electron chi connectivity index (χ2n) is 7.91. The minimum atomic E-state index is -1.17. The minimum Gasteiger partial charge on any atom is -0.494 e. The maximum atomic E-state index is 12.8. The number of aliphatic carboxylic acids is 2. The number of carbonyl (C=O) groups is 3. The van der Waals surface area contributed by atoms with Crippen molar-refractivity contribution in [1.29, 1.82) is 0 Å². The third kappa shape index (κ3) is 8.68. The number of hydrogen-bond acceptors (Lipinski definition) is 6. The fourth-order valence-electron chi connectivity index (χ4n) is 3.34. The van der Waals surface area contributed by atoms with E-state index >= 15 is 0 Å². The van der Waals surface area contributed by atoms with Crippen molar-refractivity contribution in [3.8, 4) is 11.5 Å². The van der Waals surface area contributed by atoms with E-state index < -0.39 is 24.5 Å². The zero-order chi connectivity index (χ0) is 25.8. The van der Waals surface area contributed by atoms with E-state index in [1.54, 1.807) is 24.3 Å². The molecule has 0 saturated heterocycles. The number of unbranched alkanes of at least 4 members (excludes halogenated alkanes) is 1. The Balaban J connectivity index is 1.55. The molecule has 0 aliphatic carbocycles. The van der Waals surface area contributed by atoms with Crippen LogP contribution in [0.5, 0.6) is 11.5 Å². The number of carboxylic acid groups (broad SMARTS) is 2. The number of anilines is 2. The molecule has 9 heteroatoms. The van der Waals surface area contributed by atoms with E-state index in [-0.39, 0.29) is 18.0 Å². The number of rotatable bonds is 14. The molecule has 0 heterocycles. The second-order valence-corrected chi connectivity index (χ2v) is 7.91. The summed E-state index contributed by atoms with van der Waals surface area (Å²) in [5.74, 6) is -1.88. The molecule has 0 atom stereocenters. The highest BCUT2D eigenvalue weighted by Gasteiger charge is 2.13. The molecule has 0 aliphatic heterocycles. The van der Waals surface area contributed by atoms with Gasteiger partial charge in [-0.25, -0.2) is 4.79 Å². The minimum absolute atomic E-state index is 0.141. The molecule has 3 aromatic rings. The van der Waals surface area contributed by atoms with Gasteiger partial charge in [0.2, 0.25) is 0 Å². The second kappa shape index (κ2) is 13.4. The van der Waals surface area contributed by atoms with Crippen LogP contribution < -0.4 is 20.1 Å². The molecule has 0 spiro atoms. The predicted octanol–water partition coefficient (Wildman–Crippen LogP) is 4.30. The van der Waals surface area contributed by atoms with Gasteiger partial charge >= 0.3 is 11.9 Å². The summed E-state index contributed by atoms with van der Waals surface area (Å²) in [5, 5.41) is 23.1. The summed E-state index contributed by atoms with van der Waals surface area (Å²) in [7, 11) is 0. The van der Waals surface area contributed by atoms with E-state index in [4.69, 9.17) is 19.7 Å². The van der Waals surface area contributed by atoms with Crippen LogP contribution in [0.3, 0.4) is 0 Å². The van der Waals surface area contributed by atoms with E-state index in [9.17, 15) is 14.4 Å². The maximum Gasteiger partial charge on any atom is 0.341 e. The lowest BCUT2D eigenvalue weighted by atomic mass is 10.1. The Hall–Kier alpha value is -4.53. The number of benzene rings is 3. The molecule has 188 valence electrons. The highest BCUT2D eigenvalue weighted by molar-refractivity contribution is 6.05. The summed E-state index contributed by atoms with van der Waals surface area (Å²) in [6.45, 7) is -0.350. The van der Waals surface area contributed by atoms with Gasteiger partial charge in [-0.3, -0.25) is 9.59 Å². The molecule has 0 aromatic heterocycles. The topological polar surface area (TPSA) is 134 Å². The van der Waals surface area contributed by atoms with Gasteiger partial charge in [0.15, 0.2) is 6.61 Å². The largest absolute Gasteiger partial charge is 0.494 e. The summed E-state index contributed by atoms with van der Waals surface area (Å²) >= 11 is 0. The zero-order valence-electron chi connectivity index (χ0n) is 19.6. The van der Waals surface area contributed by atoms with Crippen LogP contribution in [0.25, 0.3) is 0 Å². The maximum absolute atomic E-state index is 12.8. The van der Waals surface area contributed by atoms with Crippen molar-refractivity contribution in [2.24, 2.45) is 0 Å². The monoisotopic (exact) mass is 492 g/mol. The van der Waals surface area contributed by atoms with Gasteiger partial charge in [0, 0.05) is 11.3 Å². The molecule has 0 aliphatic rings. The normalized spacial score (nSPS) is 10.3. The molecule has 3 aromatic carbocycles. The summed E-state index contributed by atoms with van der Waals surface area (Å²) < 4.78 is 11.0. The van der Waals surface area contributed by atoms with Crippen molar-refractivity contribution in [2.75, 3.05) is 30.4 Å². The highest BCUT2D eigenvalue weighted by Crippen LogP contribution is 2.29. The first kappa shape index (κ1) is 26.1. The number of nitrogens with one attached hydrogen (secondary N) is 2. The SMILES string of the molecule is O=C(O)CNc1ccc(OCC(=O)O)c(NC(=O)c2ccc(OCCCCc3ccccc3)cc2)c1. The molecule has 1 amide bonds. The first-order valence-electron chi connectivity index (χ1n) is 11.4. The zero-order valence-corrected chi connectivity index (χ0v) is 19.6. The fraction of sp³-hybridized carbons (Fsp3) is 0.222. The predicted molar refractivity (Wildman–Crippen MR) is 135 cm³/mol. The molecule has 4 N–H and O–H groups in total. The lowest BCUT2D eigenvalue weighted by Gasteiger charge is -2.14. The molecule has 9 nitrogen and oxygen atoms in total. The van der Waals surface area contributed by atoms with Crippen molar-refractivity contribution >= 4 is 29.2 Å². The van der Waals surface area contributed by atoms with Crippen molar-refractivity contribution in [3.63, 3.8) is 0 Å². The van der Waals surface area contributed by atoms with Gasteiger partial charge in [-0.2, -0.15) is 0 Å². The Morgan fingerprint density at radius 3 is 2.25 bits per heavy atom. The number of amides is 1. The summed E-state index contributed by atoms with van der Waals surface area (Å²) in [5.41, 5.74) is 2.29. The van der Waals surface area contributed by atoms with E-state index in [1.165, 1.54) is 23.8 Å². The average molecular weight is 493 g/mol. The Kier molecular flexibility index (Phi) is 9.69. The Morgan fingerprint density at radius 2 is 1.56 bits per heavy atom. The van der Waals surface area contributed by atoms with Crippen molar-refractivity contribution in [3.05, 3.63) is 83.9 Å². The van der Waals surface area contributed by atoms with E-state index in [1.807, 2.05) is 18.2 Å². The van der Waals surface area contributed by atoms with Gasteiger partial charge in [-0.1, -0.05) is 30.3 Å². The van der Waals surface area contributed by atoms with Crippen LogP contribution in [0.15, 0.2) is 72.8 Å². The first-order valence-corrected chi connectivity index (χ1v) is 11.4. The van der Waals surface area contributed by atoms with Crippen LogP contribution >= 0.6 is 0 Å². The van der Waals surface area contributed by atoms with Gasteiger partial charge in [0.05, 0.1) is 12.3 Å². The van der Waals surface area contributed by atoms with Gasteiger partial charge in [-0.15, -0.1) is 0 Å². The average Bonchev–Trinajstić information content (AvgIpc) is 2.87. The highest BCUT2D eigenvalue weighted by atomic mass is 16.5. The number of ether oxygens (including phenoxy) is 2. The third-order valence-corrected chi connectivity index (χ3v) is 5.11. The molecule has 0 unspecified atom stereocenters. The van der Waals surface area contributed by atoms with Gasteiger partial charge in [-0.05, 0) is 67.3 Å². The van der Waals surface area contributed by atoms with Crippen molar-refractivity contribution in [1.82, 2.24) is 0 Å². The van der Waals surface area contributed by atoms with Gasteiger partial charge < -0.3 is 30.3 Å². The number of carboxylic acids is 2. The smallest absolute Gasteiger partial charge is 0.341 e. The molecular weight excluding hydrogens is 464 g/mol. The number of hydrogen-bond donors (Lipinski definition) is 4.